The Bertz CT molecular complexity index is 1010. The number of para-hydroxylation sites is 1. The highest BCUT2D eigenvalue weighted by Crippen LogP contribution is 2.29. The molecule has 0 spiro atoms. The Morgan fingerprint density at radius 2 is 1.93 bits per heavy atom. The van der Waals surface area contributed by atoms with Gasteiger partial charge >= 0.3 is 0 Å². The number of nitrogens with one attached hydrogen (secondary N) is 1. The molecule has 1 amide bonds. The SMILES string of the molecule is Cc1noc2nc(CCC(=O)Nc3ccccc3Cl)nc(N3CCCCCC3)c12. The van der Waals surface area contributed by atoms with E-state index in [2.05, 4.69) is 20.4 Å². The lowest BCUT2D eigenvalue weighted by Gasteiger charge is -2.22. The van der Waals surface area contributed by atoms with Crippen LogP contribution in [0.5, 0.6) is 0 Å². The van der Waals surface area contributed by atoms with Crippen LogP contribution in [-0.2, 0) is 11.2 Å². The van der Waals surface area contributed by atoms with Gasteiger partial charge in [0.25, 0.3) is 5.71 Å². The average Bonchev–Trinajstić information content (AvgIpc) is 2.92. The summed E-state index contributed by atoms with van der Waals surface area (Å²) in [4.78, 5) is 24.0. The van der Waals surface area contributed by atoms with E-state index in [9.17, 15) is 4.79 Å². The number of anilines is 2. The summed E-state index contributed by atoms with van der Waals surface area (Å²) in [6, 6.07) is 7.18. The van der Waals surface area contributed by atoms with Crippen molar-refractivity contribution in [2.75, 3.05) is 23.3 Å². The molecule has 152 valence electrons. The van der Waals surface area contributed by atoms with Gasteiger partial charge in [-0.25, -0.2) is 4.98 Å². The van der Waals surface area contributed by atoms with Gasteiger partial charge in [0.2, 0.25) is 5.91 Å². The van der Waals surface area contributed by atoms with Crippen LogP contribution in [0.1, 0.15) is 43.6 Å². The van der Waals surface area contributed by atoms with Gasteiger partial charge in [0.15, 0.2) is 0 Å². The van der Waals surface area contributed by atoms with E-state index in [1.165, 1.54) is 12.8 Å². The third kappa shape index (κ3) is 4.50. The fourth-order valence-corrected chi connectivity index (χ4v) is 3.82. The zero-order valence-electron chi connectivity index (χ0n) is 16.4. The summed E-state index contributed by atoms with van der Waals surface area (Å²) in [7, 11) is 0. The van der Waals surface area contributed by atoms with Gasteiger partial charge in [-0.1, -0.05) is 41.7 Å². The molecule has 1 N–H and O–H groups in total. The molecule has 7 nitrogen and oxygen atoms in total. The minimum Gasteiger partial charge on any atom is -0.356 e. The zero-order chi connectivity index (χ0) is 20.2. The molecule has 1 aliphatic rings. The van der Waals surface area contributed by atoms with Crippen LogP contribution in [0.2, 0.25) is 5.02 Å². The van der Waals surface area contributed by atoms with Gasteiger partial charge in [-0.15, -0.1) is 0 Å². The molecule has 8 heteroatoms. The minimum absolute atomic E-state index is 0.133. The number of hydrogen-bond donors (Lipinski definition) is 1. The second-order valence-electron chi connectivity index (χ2n) is 7.34. The Morgan fingerprint density at radius 3 is 2.69 bits per heavy atom. The van der Waals surface area contributed by atoms with Crippen molar-refractivity contribution in [2.24, 2.45) is 0 Å². The second kappa shape index (κ2) is 8.78. The van der Waals surface area contributed by atoms with E-state index in [0.717, 1.165) is 42.8 Å². The van der Waals surface area contributed by atoms with Gasteiger partial charge in [-0.2, -0.15) is 4.98 Å². The van der Waals surface area contributed by atoms with Crippen LogP contribution in [0.15, 0.2) is 28.8 Å². The molecule has 0 atom stereocenters. The number of hydrogen-bond acceptors (Lipinski definition) is 6. The lowest BCUT2D eigenvalue weighted by Crippen LogP contribution is -2.26. The summed E-state index contributed by atoms with van der Waals surface area (Å²) in [5, 5.41) is 8.30. The number of nitrogens with zero attached hydrogens (tertiary/aromatic N) is 4. The molecule has 3 aromatic rings. The first-order valence-electron chi connectivity index (χ1n) is 10.0. The maximum absolute atomic E-state index is 12.4. The molecule has 0 aliphatic carbocycles. The van der Waals surface area contributed by atoms with Crippen LogP contribution in [0.3, 0.4) is 0 Å². The number of carbonyl (C=O) groups is 1. The molecule has 0 bridgehead atoms. The van der Waals surface area contributed by atoms with E-state index >= 15 is 0 Å². The Labute approximate surface area is 174 Å². The summed E-state index contributed by atoms with van der Waals surface area (Å²) in [6.07, 6.45) is 5.43. The standard InChI is InChI=1S/C21H24ClN5O2/c1-14-19-20(27-12-6-2-3-7-13-27)24-17(25-21(19)29-26-14)10-11-18(28)23-16-9-5-4-8-15(16)22/h4-5,8-9H,2-3,6-7,10-13H2,1H3,(H,23,28). The molecule has 0 radical (unpaired) electrons. The number of carbonyl (C=O) groups excluding carboxylic acids is 1. The smallest absolute Gasteiger partial charge is 0.263 e. The van der Waals surface area contributed by atoms with Crippen LogP contribution < -0.4 is 10.2 Å². The number of fused-ring (bicyclic) bond motifs is 1. The molecule has 1 fully saturated rings. The third-order valence-corrected chi connectivity index (χ3v) is 5.49. The van der Waals surface area contributed by atoms with Gasteiger partial charge in [-0.3, -0.25) is 4.79 Å². The van der Waals surface area contributed by atoms with Crippen molar-refractivity contribution >= 4 is 40.1 Å². The molecule has 0 saturated carbocycles. The summed E-state index contributed by atoms with van der Waals surface area (Å²) >= 11 is 6.11. The number of amides is 1. The maximum atomic E-state index is 12.4. The van der Waals surface area contributed by atoms with Crippen molar-refractivity contribution in [1.29, 1.82) is 0 Å². The minimum atomic E-state index is -0.133. The molecule has 3 heterocycles. The first kappa shape index (κ1) is 19.6. The number of halogens is 1. The number of aryl methyl sites for hydroxylation is 2. The van der Waals surface area contributed by atoms with E-state index in [1.807, 2.05) is 19.1 Å². The summed E-state index contributed by atoms with van der Waals surface area (Å²) in [6.45, 7) is 3.83. The highest BCUT2D eigenvalue weighted by Gasteiger charge is 2.21. The highest BCUT2D eigenvalue weighted by atomic mass is 35.5. The fourth-order valence-electron chi connectivity index (χ4n) is 3.64. The van der Waals surface area contributed by atoms with Crippen LogP contribution >= 0.6 is 11.6 Å². The molecule has 2 aromatic heterocycles. The monoisotopic (exact) mass is 413 g/mol. The van der Waals surface area contributed by atoms with Crippen molar-refractivity contribution < 1.29 is 9.32 Å². The van der Waals surface area contributed by atoms with Crippen molar-refractivity contribution in [1.82, 2.24) is 15.1 Å². The Hall–Kier alpha value is -2.67. The molecule has 1 aliphatic heterocycles. The van der Waals surface area contributed by atoms with Gasteiger partial charge in [0.1, 0.15) is 17.0 Å². The van der Waals surface area contributed by atoms with Crippen molar-refractivity contribution in [2.45, 2.75) is 45.4 Å². The largest absolute Gasteiger partial charge is 0.356 e. The molecule has 1 aromatic carbocycles. The van der Waals surface area contributed by atoms with Gasteiger partial charge < -0.3 is 14.7 Å². The summed E-state index contributed by atoms with van der Waals surface area (Å²) in [5.41, 5.74) is 1.88. The maximum Gasteiger partial charge on any atom is 0.263 e. The van der Waals surface area contributed by atoms with E-state index in [4.69, 9.17) is 21.1 Å². The molecular formula is C21H24ClN5O2. The van der Waals surface area contributed by atoms with Crippen LogP contribution in [-0.4, -0.2) is 34.1 Å². The highest BCUT2D eigenvalue weighted by molar-refractivity contribution is 6.33. The predicted molar refractivity (Wildman–Crippen MR) is 113 cm³/mol. The first-order chi connectivity index (χ1) is 14.1. The Morgan fingerprint density at radius 1 is 1.17 bits per heavy atom. The zero-order valence-corrected chi connectivity index (χ0v) is 17.2. The number of benzene rings is 1. The van der Waals surface area contributed by atoms with Gasteiger partial charge in [0, 0.05) is 25.9 Å². The molecule has 29 heavy (non-hydrogen) atoms. The first-order valence-corrected chi connectivity index (χ1v) is 10.4. The fraction of sp³-hybridized carbons (Fsp3) is 0.429. The predicted octanol–water partition coefficient (Wildman–Crippen LogP) is 4.53. The van der Waals surface area contributed by atoms with E-state index in [-0.39, 0.29) is 12.3 Å². The van der Waals surface area contributed by atoms with E-state index in [0.29, 0.717) is 28.7 Å². The van der Waals surface area contributed by atoms with Gasteiger partial charge in [0.05, 0.1) is 16.4 Å². The van der Waals surface area contributed by atoms with E-state index in [1.54, 1.807) is 12.1 Å². The second-order valence-corrected chi connectivity index (χ2v) is 7.75. The molecular weight excluding hydrogens is 390 g/mol. The Kier molecular flexibility index (Phi) is 5.94. The van der Waals surface area contributed by atoms with Crippen LogP contribution in [0, 0.1) is 6.92 Å². The van der Waals surface area contributed by atoms with Crippen LogP contribution in [0.25, 0.3) is 11.1 Å². The molecule has 4 rings (SSSR count). The molecule has 1 saturated heterocycles. The Balaban J connectivity index is 1.53. The van der Waals surface area contributed by atoms with Gasteiger partial charge in [-0.05, 0) is 31.9 Å². The number of rotatable bonds is 5. The van der Waals surface area contributed by atoms with Crippen LogP contribution in [0.4, 0.5) is 11.5 Å². The lowest BCUT2D eigenvalue weighted by atomic mass is 10.2. The lowest BCUT2D eigenvalue weighted by molar-refractivity contribution is -0.116. The number of aromatic nitrogens is 3. The third-order valence-electron chi connectivity index (χ3n) is 5.16. The average molecular weight is 414 g/mol. The normalized spacial score (nSPS) is 14.8. The van der Waals surface area contributed by atoms with Crippen molar-refractivity contribution in [3.63, 3.8) is 0 Å². The topological polar surface area (TPSA) is 84.1 Å². The quantitative estimate of drug-likeness (QED) is 0.661. The summed E-state index contributed by atoms with van der Waals surface area (Å²) in [5.74, 6) is 1.33. The summed E-state index contributed by atoms with van der Waals surface area (Å²) < 4.78 is 5.42. The van der Waals surface area contributed by atoms with E-state index < -0.39 is 0 Å². The van der Waals surface area contributed by atoms with Crippen molar-refractivity contribution in [3.8, 4) is 0 Å². The van der Waals surface area contributed by atoms with Crippen molar-refractivity contribution in [3.05, 3.63) is 40.8 Å². The molecule has 0 unspecified atom stereocenters.